The highest BCUT2D eigenvalue weighted by molar-refractivity contribution is 6.32. The minimum absolute atomic E-state index is 0.448. The minimum atomic E-state index is 0.448. The van der Waals surface area contributed by atoms with Crippen LogP contribution < -0.4 is 10.1 Å². The van der Waals surface area contributed by atoms with Gasteiger partial charge in [-0.1, -0.05) is 24.6 Å². The molecule has 3 heteroatoms. The Kier molecular flexibility index (Phi) is 3.17. The van der Waals surface area contributed by atoms with E-state index in [-0.39, 0.29) is 0 Å². The quantitative estimate of drug-likeness (QED) is 0.836. The Hall–Kier alpha value is -0.730. The van der Waals surface area contributed by atoms with Gasteiger partial charge in [-0.2, -0.15) is 0 Å². The lowest BCUT2D eigenvalue weighted by molar-refractivity contribution is 0.414. The maximum Gasteiger partial charge on any atom is 0.137 e. The van der Waals surface area contributed by atoms with Crippen molar-refractivity contribution in [3.05, 3.63) is 28.8 Å². The topological polar surface area (TPSA) is 21.3 Å². The van der Waals surface area contributed by atoms with Crippen molar-refractivity contribution >= 4 is 11.6 Å². The zero-order valence-corrected chi connectivity index (χ0v) is 9.84. The molecule has 2 rings (SSSR count). The van der Waals surface area contributed by atoms with Crippen molar-refractivity contribution in [2.45, 2.75) is 19.4 Å². The molecule has 82 valence electrons. The van der Waals surface area contributed by atoms with Crippen molar-refractivity contribution in [1.82, 2.24) is 5.32 Å². The van der Waals surface area contributed by atoms with E-state index in [9.17, 15) is 0 Å². The van der Waals surface area contributed by atoms with Crippen LogP contribution in [0.2, 0.25) is 5.02 Å². The molecular weight excluding hydrogens is 210 g/mol. The average Bonchev–Trinajstić information content (AvgIpc) is 2.65. The highest BCUT2D eigenvalue weighted by atomic mass is 35.5. The molecule has 1 saturated heterocycles. The van der Waals surface area contributed by atoms with Crippen LogP contribution in [0.5, 0.6) is 5.75 Å². The molecule has 1 fully saturated rings. The van der Waals surface area contributed by atoms with Gasteiger partial charge in [0.2, 0.25) is 0 Å². The molecule has 0 unspecified atom stereocenters. The molecule has 0 amide bonds. The SMILES string of the molecule is COc1ccc([C@@H]2C[C@H](C)CN2)cc1Cl. The first-order valence-electron chi connectivity index (χ1n) is 5.27. The molecule has 1 aromatic rings. The molecule has 2 atom stereocenters. The number of benzene rings is 1. The van der Waals surface area contributed by atoms with Gasteiger partial charge >= 0.3 is 0 Å². The summed E-state index contributed by atoms with van der Waals surface area (Å²) in [5, 5.41) is 4.18. The molecule has 0 spiro atoms. The summed E-state index contributed by atoms with van der Waals surface area (Å²) < 4.78 is 5.13. The average molecular weight is 226 g/mol. The molecule has 1 aromatic carbocycles. The molecule has 15 heavy (non-hydrogen) atoms. The third-order valence-corrected chi connectivity index (χ3v) is 3.22. The summed E-state index contributed by atoms with van der Waals surface area (Å²) in [5.74, 6) is 1.49. The van der Waals surface area contributed by atoms with E-state index in [0.717, 1.165) is 18.2 Å². The van der Waals surface area contributed by atoms with Gasteiger partial charge < -0.3 is 10.1 Å². The third-order valence-electron chi connectivity index (χ3n) is 2.93. The van der Waals surface area contributed by atoms with E-state index in [1.807, 2.05) is 12.1 Å². The van der Waals surface area contributed by atoms with E-state index in [0.29, 0.717) is 11.1 Å². The van der Waals surface area contributed by atoms with E-state index < -0.39 is 0 Å². The first-order chi connectivity index (χ1) is 7.20. The normalized spacial score (nSPS) is 25.5. The fourth-order valence-electron chi connectivity index (χ4n) is 2.07. The Morgan fingerprint density at radius 1 is 1.47 bits per heavy atom. The van der Waals surface area contributed by atoms with Crippen molar-refractivity contribution in [2.24, 2.45) is 5.92 Å². The summed E-state index contributed by atoms with van der Waals surface area (Å²) in [7, 11) is 1.64. The summed E-state index contributed by atoms with van der Waals surface area (Å²) in [4.78, 5) is 0. The van der Waals surface area contributed by atoms with Crippen LogP contribution in [0.15, 0.2) is 18.2 Å². The Balaban J connectivity index is 2.19. The van der Waals surface area contributed by atoms with E-state index in [1.54, 1.807) is 7.11 Å². The predicted octanol–water partition coefficient (Wildman–Crippen LogP) is 3.02. The molecule has 0 aliphatic carbocycles. The lowest BCUT2D eigenvalue weighted by atomic mass is 10.0. The Morgan fingerprint density at radius 2 is 2.27 bits per heavy atom. The summed E-state index contributed by atoms with van der Waals surface area (Å²) in [6.45, 7) is 3.35. The van der Waals surface area contributed by atoms with Gasteiger partial charge in [0, 0.05) is 6.04 Å². The van der Waals surface area contributed by atoms with Gasteiger partial charge in [0.15, 0.2) is 0 Å². The second-order valence-electron chi connectivity index (χ2n) is 4.20. The van der Waals surface area contributed by atoms with Crippen LogP contribution in [0.3, 0.4) is 0 Å². The Labute approximate surface area is 95.6 Å². The predicted molar refractivity (Wildman–Crippen MR) is 62.5 cm³/mol. The molecule has 1 aliphatic heterocycles. The highest BCUT2D eigenvalue weighted by Gasteiger charge is 2.22. The number of hydrogen-bond donors (Lipinski definition) is 1. The summed E-state index contributed by atoms with van der Waals surface area (Å²) in [6, 6.07) is 6.46. The van der Waals surface area contributed by atoms with Crippen LogP contribution in [0, 0.1) is 5.92 Å². The summed E-state index contributed by atoms with van der Waals surface area (Å²) >= 11 is 6.09. The van der Waals surface area contributed by atoms with Crippen LogP contribution in [0.25, 0.3) is 0 Å². The maximum atomic E-state index is 6.09. The summed E-state index contributed by atoms with van der Waals surface area (Å²) in [5.41, 5.74) is 1.25. The number of hydrogen-bond acceptors (Lipinski definition) is 2. The lowest BCUT2D eigenvalue weighted by Crippen LogP contribution is -2.13. The Bertz CT molecular complexity index is 353. The highest BCUT2D eigenvalue weighted by Crippen LogP contribution is 2.32. The largest absolute Gasteiger partial charge is 0.495 e. The van der Waals surface area contributed by atoms with Crippen molar-refractivity contribution in [3.63, 3.8) is 0 Å². The fraction of sp³-hybridized carbons (Fsp3) is 0.500. The third kappa shape index (κ3) is 2.27. The number of methoxy groups -OCH3 is 1. The number of ether oxygens (including phenoxy) is 1. The van der Waals surface area contributed by atoms with Gasteiger partial charge in [-0.15, -0.1) is 0 Å². The smallest absolute Gasteiger partial charge is 0.137 e. The molecule has 0 bridgehead atoms. The first-order valence-corrected chi connectivity index (χ1v) is 5.65. The molecule has 1 N–H and O–H groups in total. The van der Waals surface area contributed by atoms with Crippen molar-refractivity contribution in [2.75, 3.05) is 13.7 Å². The standard InChI is InChI=1S/C12H16ClNO/c1-8-5-11(14-7-8)9-3-4-12(15-2)10(13)6-9/h3-4,6,8,11,14H,5,7H2,1-2H3/t8-,11-/m0/s1. The Morgan fingerprint density at radius 3 is 2.80 bits per heavy atom. The second-order valence-corrected chi connectivity index (χ2v) is 4.60. The van der Waals surface area contributed by atoms with E-state index in [1.165, 1.54) is 12.0 Å². The first kappa shape index (κ1) is 10.8. The molecular formula is C12H16ClNO. The zero-order chi connectivity index (χ0) is 10.8. The molecule has 0 radical (unpaired) electrons. The van der Waals surface area contributed by atoms with Gasteiger partial charge in [0.05, 0.1) is 12.1 Å². The second kappa shape index (κ2) is 4.42. The molecule has 1 aliphatic rings. The number of halogens is 1. The number of rotatable bonds is 2. The molecule has 1 heterocycles. The van der Waals surface area contributed by atoms with Crippen molar-refractivity contribution in [3.8, 4) is 5.75 Å². The van der Waals surface area contributed by atoms with Gasteiger partial charge in [0.25, 0.3) is 0 Å². The van der Waals surface area contributed by atoms with Crippen molar-refractivity contribution < 1.29 is 4.74 Å². The van der Waals surface area contributed by atoms with E-state index in [2.05, 4.69) is 18.3 Å². The summed E-state index contributed by atoms with van der Waals surface area (Å²) in [6.07, 6.45) is 1.18. The van der Waals surface area contributed by atoms with Crippen LogP contribution in [0.4, 0.5) is 0 Å². The van der Waals surface area contributed by atoms with Crippen LogP contribution in [-0.2, 0) is 0 Å². The van der Waals surface area contributed by atoms with Gasteiger partial charge in [0.1, 0.15) is 5.75 Å². The minimum Gasteiger partial charge on any atom is -0.495 e. The molecule has 0 saturated carbocycles. The monoisotopic (exact) mass is 225 g/mol. The molecule has 0 aromatic heterocycles. The van der Waals surface area contributed by atoms with Gasteiger partial charge in [-0.25, -0.2) is 0 Å². The van der Waals surface area contributed by atoms with Gasteiger partial charge in [-0.05, 0) is 36.6 Å². The fourth-order valence-corrected chi connectivity index (χ4v) is 2.33. The van der Waals surface area contributed by atoms with Crippen LogP contribution >= 0.6 is 11.6 Å². The van der Waals surface area contributed by atoms with Crippen LogP contribution in [-0.4, -0.2) is 13.7 Å². The molecule has 2 nitrogen and oxygen atoms in total. The van der Waals surface area contributed by atoms with Crippen molar-refractivity contribution in [1.29, 1.82) is 0 Å². The lowest BCUT2D eigenvalue weighted by Gasteiger charge is -2.12. The number of nitrogens with one attached hydrogen (secondary N) is 1. The van der Waals surface area contributed by atoms with E-state index in [4.69, 9.17) is 16.3 Å². The maximum absolute atomic E-state index is 6.09. The van der Waals surface area contributed by atoms with Crippen LogP contribution in [0.1, 0.15) is 24.9 Å². The van der Waals surface area contributed by atoms with Gasteiger partial charge in [-0.3, -0.25) is 0 Å². The zero-order valence-electron chi connectivity index (χ0n) is 9.09. The van der Waals surface area contributed by atoms with E-state index >= 15 is 0 Å².